The van der Waals surface area contributed by atoms with Crippen LogP contribution in [0.4, 0.5) is 0 Å². The summed E-state index contributed by atoms with van der Waals surface area (Å²) in [7, 11) is 0. The number of benzene rings is 1. The van der Waals surface area contributed by atoms with Crippen molar-refractivity contribution in [1.29, 1.82) is 0 Å². The molecule has 0 aliphatic heterocycles. The average molecular weight is 317 g/mol. The van der Waals surface area contributed by atoms with Gasteiger partial charge in [-0.05, 0) is 55.9 Å². The Hall–Kier alpha value is -1.77. The first-order valence-electron chi connectivity index (χ1n) is 8.34. The summed E-state index contributed by atoms with van der Waals surface area (Å²) < 4.78 is 5.54. The van der Waals surface area contributed by atoms with Crippen molar-refractivity contribution in [3.63, 3.8) is 0 Å². The summed E-state index contributed by atoms with van der Waals surface area (Å²) in [5.74, 6) is 0.797. The number of nitrogens with one attached hydrogen (secondary N) is 1. The minimum atomic E-state index is -0.225. The molecule has 0 fully saturated rings. The zero-order valence-corrected chi connectivity index (χ0v) is 15.4. The molecule has 23 heavy (non-hydrogen) atoms. The van der Waals surface area contributed by atoms with E-state index in [1.807, 2.05) is 30.3 Å². The van der Waals surface area contributed by atoms with Crippen LogP contribution in [0.5, 0.6) is 5.75 Å². The molecular formula is C20H31NO2. The van der Waals surface area contributed by atoms with Crippen LogP contribution in [-0.2, 0) is 4.79 Å². The molecule has 0 bridgehead atoms. The maximum absolute atomic E-state index is 12.1. The lowest BCUT2D eigenvalue weighted by molar-refractivity contribution is -0.118. The van der Waals surface area contributed by atoms with Gasteiger partial charge in [-0.15, -0.1) is 0 Å². The van der Waals surface area contributed by atoms with Crippen molar-refractivity contribution in [2.45, 2.75) is 59.9 Å². The molecular weight excluding hydrogens is 286 g/mol. The Morgan fingerprint density at radius 2 is 1.74 bits per heavy atom. The second kappa shape index (κ2) is 8.19. The van der Waals surface area contributed by atoms with Crippen LogP contribution in [0.3, 0.4) is 0 Å². The normalized spacial score (nSPS) is 12.4. The Morgan fingerprint density at radius 1 is 1.13 bits per heavy atom. The van der Waals surface area contributed by atoms with E-state index in [1.165, 1.54) is 0 Å². The van der Waals surface area contributed by atoms with Gasteiger partial charge in [-0.25, -0.2) is 0 Å². The van der Waals surface area contributed by atoms with E-state index in [2.05, 4.69) is 46.9 Å². The zero-order valence-electron chi connectivity index (χ0n) is 15.4. The zero-order chi connectivity index (χ0) is 17.5. The fourth-order valence-corrected chi connectivity index (χ4v) is 2.81. The molecule has 128 valence electrons. The van der Waals surface area contributed by atoms with Gasteiger partial charge in [-0.1, -0.05) is 39.8 Å². The van der Waals surface area contributed by atoms with Gasteiger partial charge in [0.25, 0.3) is 0 Å². The summed E-state index contributed by atoms with van der Waals surface area (Å²) in [6, 6.07) is 7.76. The highest BCUT2D eigenvalue weighted by Gasteiger charge is 2.26. The van der Waals surface area contributed by atoms with Crippen molar-refractivity contribution in [2.24, 2.45) is 5.41 Å². The maximum atomic E-state index is 12.1. The number of hydrogen-bond donors (Lipinski definition) is 1. The fourth-order valence-electron chi connectivity index (χ4n) is 2.81. The first-order valence-corrected chi connectivity index (χ1v) is 8.34. The average Bonchev–Trinajstić information content (AvgIpc) is 2.40. The van der Waals surface area contributed by atoms with Crippen molar-refractivity contribution >= 4 is 12.0 Å². The number of carbonyl (C=O) groups is 1. The number of ether oxygens (including phenoxy) is 1. The quantitative estimate of drug-likeness (QED) is 0.732. The molecule has 0 atom stereocenters. The van der Waals surface area contributed by atoms with Crippen molar-refractivity contribution in [1.82, 2.24) is 5.32 Å². The first kappa shape index (κ1) is 19.3. The Morgan fingerprint density at radius 3 is 2.26 bits per heavy atom. The third kappa shape index (κ3) is 8.44. The minimum Gasteiger partial charge on any atom is -0.494 e. The highest BCUT2D eigenvalue weighted by atomic mass is 16.5. The summed E-state index contributed by atoms with van der Waals surface area (Å²) in [5.41, 5.74) is 0.935. The van der Waals surface area contributed by atoms with Crippen molar-refractivity contribution in [3.8, 4) is 5.75 Å². The second-order valence-electron chi connectivity index (χ2n) is 7.86. The van der Waals surface area contributed by atoms with Crippen LogP contribution in [0.25, 0.3) is 6.08 Å². The summed E-state index contributed by atoms with van der Waals surface area (Å²) >= 11 is 0. The van der Waals surface area contributed by atoms with Gasteiger partial charge in [0.1, 0.15) is 5.75 Å². The first-order chi connectivity index (χ1) is 10.6. The van der Waals surface area contributed by atoms with Gasteiger partial charge < -0.3 is 10.1 Å². The van der Waals surface area contributed by atoms with E-state index < -0.39 is 0 Å². The van der Waals surface area contributed by atoms with Gasteiger partial charge in [0.2, 0.25) is 5.91 Å². The largest absolute Gasteiger partial charge is 0.494 e. The topological polar surface area (TPSA) is 38.3 Å². The molecule has 1 aromatic carbocycles. The molecule has 0 heterocycles. The van der Waals surface area contributed by atoms with Crippen LogP contribution in [0.2, 0.25) is 0 Å². The smallest absolute Gasteiger partial charge is 0.244 e. The molecule has 0 aliphatic rings. The molecule has 1 rings (SSSR count). The fraction of sp³-hybridized carbons (Fsp3) is 0.550. The maximum Gasteiger partial charge on any atom is 0.244 e. The monoisotopic (exact) mass is 317 g/mol. The predicted octanol–water partition coefficient (Wildman–Crippen LogP) is 4.82. The van der Waals surface area contributed by atoms with Crippen LogP contribution < -0.4 is 10.1 Å². The van der Waals surface area contributed by atoms with Crippen LogP contribution in [-0.4, -0.2) is 18.1 Å². The summed E-state index contributed by atoms with van der Waals surface area (Å²) in [6.07, 6.45) is 5.33. The standard InChI is InChI=1S/C20H31NO2/c1-7-14-23-17-11-8-16(9-12-17)10-13-18(22)21-20(5,6)15-19(2,3)4/h8-13H,7,14-15H2,1-6H3,(H,21,22)/b13-10+. The van der Waals surface area contributed by atoms with E-state index in [1.54, 1.807) is 6.08 Å². The number of rotatable bonds is 7. The van der Waals surface area contributed by atoms with Crippen LogP contribution >= 0.6 is 0 Å². The molecule has 0 unspecified atom stereocenters. The molecule has 0 radical (unpaired) electrons. The number of carbonyl (C=O) groups excluding carboxylic acids is 1. The van der Waals surface area contributed by atoms with Crippen LogP contribution in [0.15, 0.2) is 30.3 Å². The van der Waals surface area contributed by atoms with Crippen molar-refractivity contribution in [2.75, 3.05) is 6.61 Å². The summed E-state index contributed by atoms with van der Waals surface area (Å²) in [6.45, 7) is 13.5. The third-order valence-electron chi connectivity index (χ3n) is 3.21. The molecule has 0 spiro atoms. The molecule has 1 amide bonds. The van der Waals surface area contributed by atoms with Crippen molar-refractivity contribution in [3.05, 3.63) is 35.9 Å². The van der Waals surface area contributed by atoms with Crippen molar-refractivity contribution < 1.29 is 9.53 Å². The van der Waals surface area contributed by atoms with E-state index in [9.17, 15) is 4.79 Å². The second-order valence-corrected chi connectivity index (χ2v) is 7.86. The van der Waals surface area contributed by atoms with E-state index in [4.69, 9.17) is 4.74 Å². The highest BCUT2D eigenvalue weighted by Crippen LogP contribution is 2.26. The number of hydrogen-bond acceptors (Lipinski definition) is 2. The van der Waals surface area contributed by atoms with Gasteiger partial charge in [0.05, 0.1) is 6.61 Å². The minimum absolute atomic E-state index is 0.0643. The van der Waals surface area contributed by atoms with Gasteiger partial charge in [-0.3, -0.25) is 4.79 Å². The summed E-state index contributed by atoms with van der Waals surface area (Å²) in [5, 5.41) is 3.07. The number of amides is 1. The van der Waals surface area contributed by atoms with E-state index in [-0.39, 0.29) is 16.9 Å². The summed E-state index contributed by atoms with van der Waals surface area (Å²) in [4.78, 5) is 12.1. The predicted molar refractivity (Wildman–Crippen MR) is 97.6 cm³/mol. The van der Waals surface area contributed by atoms with Gasteiger partial charge in [-0.2, -0.15) is 0 Å². The molecule has 1 aromatic rings. The highest BCUT2D eigenvalue weighted by molar-refractivity contribution is 5.92. The Bertz CT molecular complexity index is 522. The lowest BCUT2D eigenvalue weighted by Gasteiger charge is -2.32. The molecule has 0 aliphatic carbocycles. The third-order valence-corrected chi connectivity index (χ3v) is 3.21. The van der Waals surface area contributed by atoms with Gasteiger partial charge >= 0.3 is 0 Å². The SMILES string of the molecule is CCCOc1ccc(/C=C/C(=O)NC(C)(C)CC(C)(C)C)cc1. The van der Waals surface area contributed by atoms with E-state index >= 15 is 0 Å². The Labute approximate surface area is 141 Å². The lowest BCUT2D eigenvalue weighted by Crippen LogP contribution is -2.45. The molecule has 0 saturated carbocycles. The van der Waals surface area contributed by atoms with E-state index in [0.29, 0.717) is 0 Å². The molecule has 3 heteroatoms. The van der Waals surface area contributed by atoms with E-state index in [0.717, 1.165) is 30.8 Å². The van der Waals surface area contributed by atoms with Crippen LogP contribution in [0.1, 0.15) is 59.9 Å². The molecule has 3 nitrogen and oxygen atoms in total. The molecule has 0 aromatic heterocycles. The van der Waals surface area contributed by atoms with Gasteiger partial charge in [0.15, 0.2) is 0 Å². The lowest BCUT2D eigenvalue weighted by atomic mass is 9.82. The Balaban J connectivity index is 2.58. The van der Waals surface area contributed by atoms with Gasteiger partial charge in [0, 0.05) is 11.6 Å². The molecule has 1 N–H and O–H groups in total. The molecule has 0 saturated heterocycles. The van der Waals surface area contributed by atoms with Crippen LogP contribution in [0, 0.1) is 5.41 Å². The Kier molecular flexibility index (Phi) is 6.86.